The topological polar surface area (TPSA) is 69.6 Å². The number of unbranched alkanes of at least 4 members (excludes halogenated alkanes) is 11. The lowest BCUT2D eigenvalue weighted by molar-refractivity contribution is -0.177. The average molecular weight is 342 g/mol. The van der Waals surface area contributed by atoms with Crippen molar-refractivity contribution in [1.29, 1.82) is 0 Å². The third-order valence-corrected chi connectivity index (χ3v) is 4.04. The van der Waals surface area contributed by atoms with E-state index in [0.29, 0.717) is 6.42 Å². The van der Waals surface area contributed by atoms with Crippen LogP contribution in [0.1, 0.15) is 104 Å². The first-order valence-electron chi connectivity index (χ1n) is 9.86. The Hall–Kier alpha value is -0.870. The molecule has 0 saturated carbocycles. The number of amides is 1. The summed E-state index contributed by atoms with van der Waals surface area (Å²) in [6.45, 7) is 3.40. The van der Waals surface area contributed by atoms with Crippen LogP contribution in [0.3, 0.4) is 0 Å². The molecule has 142 valence electrons. The van der Waals surface area contributed by atoms with Gasteiger partial charge in [0.1, 0.15) is 0 Å². The van der Waals surface area contributed by atoms with E-state index in [-0.39, 0.29) is 5.91 Å². The lowest BCUT2D eigenvalue weighted by Gasteiger charge is -2.17. The molecule has 0 aliphatic heterocycles. The van der Waals surface area contributed by atoms with Gasteiger partial charge in [0.15, 0.2) is 0 Å². The summed E-state index contributed by atoms with van der Waals surface area (Å²) in [5.74, 6) is -2.40. The number of aliphatic hydroxyl groups is 2. The monoisotopic (exact) mass is 341 g/mol. The maximum Gasteiger partial charge on any atom is 0.243 e. The zero-order chi connectivity index (χ0) is 18.1. The van der Waals surface area contributed by atoms with Gasteiger partial charge in [-0.25, -0.2) is 0 Å². The van der Waals surface area contributed by atoms with Gasteiger partial charge in [0.05, 0.1) is 0 Å². The minimum atomic E-state index is -2.10. The molecular formula is C20H39NO3. The summed E-state index contributed by atoms with van der Waals surface area (Å²) >= 11 is 0. The van der Waals surface area contributed by atoms with Gasteiger partial charge in [-0.1, -0.05) is 70.4 Å². The second-order valence-electron chi connectivity index (χ2n) is 6.90. The van der Waals surface area contributed by atoms with Gasteiger partial charge in [-0.3, -0.25) is 4.79 Å². The minimum Gasteiger partial charge on any atom is -0.349 e. The Balaban J connectivity index is 3.25. The number of nitrogens with one attached hydrogen (secondary N) is 1. The summed E-state index contributed by atoms with van der Waals surface area (Å²) in [4.78, 5) is 11.4. The van der Waals surface area contributed by atoms with Crippen molar-refractivity contribution in [1.82, 2.24) is 5.32 Å². The van der Waals surface area contributed by atoms with Gasteiger partial charge in [-0.2, -0.15) is 0 Å². The fraction of sp³-hybridized carbons (Fsp3) is 0.850. The lowest BCUT2D eigenvalue weighted by atomic mass is 10.1. The van der Waals surface area contributed by atoms with E-state index < -0.39 is 5.91 Å². The lowest BCUT2D eigenvalue weighted by Crippen LogP contribution is -2.45. The summed E-state index contributed by atoms with van der Waals surface area (Å²) in [7, 11) is 0. The highest BCUT2D eigenvalue weighted by Crippen LogP contribution is 2.10. The molecule has 0 heterocycles. The molecule has 0 atom stereocenters. The van der Waals surface area contributed by atoms with E-state index in [9.17, 15) is 4.79 Å². The molecule has 0 aromatic rings. The maximum atomic E-state index is 11.4. The van der Waals surface area contributed by atoms with E-state index in [1.54, 1.807) is 0 Å². The molecule has 0 saturated heterocycles. The summed E-state index contributed by atoms with van der Waals surface area (Å²) in [6, 6.07) is 0. The third-order valence-electron chi connectivity index (χ3n) is 4.04. The van der Waals surface area contributed by atoms with Gasteiger partial charge in [-0.05, 0) is 32.1 Å². The Bertz CT molecular complexity index is 321. The summed E-state index contributed by atoms with van der Waals surface area (Å²) in [6.07, 6.45) is 20.9. The van der Waals surface area contributed by atoms with Crippen LogP contribution in [0, 0.1) is 0 Å². The molecule has 4 nitrogen and oxygen atoms in total. The molecule has 0 fully saturated rings. The molecule has 0 aliphatic rings. The van der Waals surface area contributed by atoms with Crippen LogP contribution < -0.4 is 5.32 Å². The number of carbonyl (C=O) groups excluding carboxylic acids is 1. The van der Waals surface area contributed by atoms with Crippen molar-refractivity contribution in [3.05, 3.63) is 12.2 Å². The average Bonchev–Trinajstić information content (AvgIpc) is 2.49. The first-order chi connectivity index (χ1) is 11.5. The molecule has 0 unspecified atom stereocenters. The van der Waals surface area contributed by atoms with Gasteiger partial charge in [0.2, 0.25) is 11.8 Å². The van der Waals surface area contributed by atoms with Crippen LogP contribution in [0.2, 0.25) is 0 Å². The van der Waals surface area contributed by atoms with E-state index in [2.05, 4.69) is 24.4 Å². The van der Waals surface area contributed by atoms with Gasteiger partial charge >= 0.3 is 0 Å². The molecule has 0 aliphatic carbocycles. The van der Waals surface area contributed by atoms with Crippen LogP contribution in [0.5, 0.6) is 0 Å². The van der Waals surface area contributed by atoms with E-state index in [0.717, 1.165) is 32.6 Å². The normalized spacial score (nSPS) is 12.0. The van der Waals surface area contributed by atoms with Crippen molar-refractivity contribution >= 4 is 5.91 Å². The van der Waals surface area contributed by atoms with Crippen molar-refractivity contribution in [3.63, 3.8) is 0 Å². The first-order valence-corrected chi connectivity index (χ1v) is 9.86. The zero-order valence-corrected chi connectivity index (χ0v) is 15.9. The van der Waals surface area contributed by atoms with Crippen LogP contribution in [0.25, 0.3) is 0 Å². The molecule has 0 radical (unpaired) electrons. The molecule has 0 aromatic carbocycles. The molecule has 0 aromatic heterocycles. The Morgan fingerprint density at radius 1 is 0.833 bits per heavy atom. The van der Waals surface area contributed by atoms with Gasteiger partial charge < -0.3 is 15.5 Å². The second kappa shape index (κ2) is 15.6. The van der Waals surface area contributed by atoms with Crippen molar-refractivity contribution in [2.45, 2.75) is 110 Å². The molecule has 3 N–H and O–H groups in total. The van der Waals surface area contributed by atoms with Crippen LogP contribution >= 0.6 is 0 Å². The fourth-order valence-electron chi connectivity index (χ4n) is 2.68. The minimum absolute atomic E-state index is 0.305. The number of hydrogen-bond donors (Lipinski definition) is 3. The highest BCUT2D eigenvalue weighted by molar-refractivity contribution is 5.76. The van der Waals surface area contributed by atoms with E-state index >= 15 is 0 Å². The van der Waals surface area contributed by atoms with E-state index in [1.807, 2.05) is 0 Å². The van der Waals surface area contributed by atoms with Crippen LogP contribution in [-0.4, -0.2) is 22.0 Å². The number of carbonyl (C=O) groups is 1. The maximum absolute atomic E-state index is 11.4. The largest absolute Gasteiger partial charge is 0.349 e. The van der Waals surface area contributed by atoms with Crippen molar-refractivity contribution in [2.75, 3.05) is 0 Å². The SMILES string of the molecule is CCCCCCCCC=CCCCCCCCC(=O)NC(C)(O)O. The molecule has 0 rings (SSSR count). The van der Waals surface area contributed by atoms with Gasteiger partial charge in [0, 0.05) is 13.3 Å². The Kier molecular flexibility index (Phi) is 15.1. The second-order valence-corrected chi connectivity index (χ2v) is 6.90. The van der Waals surface area contributed by atoms with E-state index in [4.69, 9.17) is 10.2 Å². The molecular weight excluding hydrogens is 302 g/mol. The first kappa shape index (κ1) is 23.1. The Morgan fingerprint density at radius 2 is 1.29 bits per heavy atom. The molecule has 24 heavy (non-hydrogen) atoms. The van der Waals surface area contributed by atoms with Crippen LogP contribution in [0.15, 0.2) is 12.2 Å². The standard InChI is InChI=1S/C20H39NO3/c1-3-4-5-6-7-8-9-10-11-12-13-14-15-16-17-18-19(22)21-20(2,23)24/h10-11,23-24H,3-9,12-18H2,1-2H3,(H,21,22). The number of rotatable bonds is 16. The van der Waals surface area contributed by atoms with Crippen molar-refractivity contribution in [2.24, 2.45) is 0 Å². The summed E-state index contributed by atoms with van der Waals surface area (Å²) < 4.78 is 0. The fourth-order valence-corrected chi connectivity index (χ4v) is 2.68. The van der Waals surface area contributed by atoms with Gasteiger partial charge in [-0.15, -0.1) is 0 Å². The summed E-state index contributed by atoms with van der Waals surface area (Å²) in [5.41, 5.74) is 0. The van der Waals surface area contributed by atoms with Crippen molar-refractivity contribution < 1.29 is 15.0 Å². The van der Waals surface area contributed by atoms with Gasteiger partial charge in [0.25, 0.3) is 0 Å². The highest BCUT2D eigenvalue weighted by Gasteiger charge is 2.17. The predicted molar refractivity (Wildman–Crippen MR) is 100 cm³/mol. The number of hydrogen-bond acceptors (Lipinski definition) is 3. The van der Waals surface area contributed by atoms with Crippen LogP contribution in [0.4, 0.5) is 0 Å². The van der Waals surface area contributed by atoms with Crippen molar-refractivity contribution in [3.8, 4) is 0 Å². The predicted octanol–water partition coefficient (Wildman–Crippen LogP) is 4.80. The quantitative estimate of drug-likeness (QED) is 0.215. The smallest absolute Gasteiger partial charge is 0.243 e. The van der Waals surface area contributed by atoms with Crippen LogP contribution in [-0.2, 0) is 4.79 Å². The Labute approximate surface area is 148 Å². The zero-order valence-electron chi connectivity index (χ0n) is 15.9. The molecule has 4 heteroatoms. The number of allylic oxidation sites excluding steroid dienone is 2. The third kappa shape index (κ3) is 19.2. The molecule has 0 spiro atoms. The molecule has 1 amide bonds. The molecule has 0 bridgehead atoms. The Morgan fingerprint density at radius 3 is 1.79 bits per heavy atom. The van der Waals surface area contributed by atoms with E-state index in [1.165, 1.54) is 57.8 Å². The summed E-state index contributed by atoms with van der Waals surface area (Å²) in [5, 5.41) is 20.2. The highest BCUT2D eigenvalue weighted by atomic mass is 16.5.